The fourth-order valence-corrected chi connectivity index (χ4v) is 3.56. The third-order valence-corrected chi connectivity index (χ3v) is 5.00. The van der Waals surface area contributed by atoms with Gasteiger partial charge in [0.2, 0.25) is 5.89 Å². The molecule has 0 spiro atoms. The SMILES string of the molecule is O=C(NCC1(CCO)CCCCC1)Nc1ccc(-c2ncco2)cc1. The first-order valence-electron chi connectivity index (χ1n) is 8.86. The van der Waals surface area contributed by atoms with Crippen molar-refractivity contribution in [2.24, 2.45) is 5.41 Å². The predicted molar refractivity (Wildman–Crippen MR) is 96.2 cm³/mol. The van der Waals surface area contributed by atoms with Gasteiger partial charge in [-0.25, -0.2) is 9.78 Å². The second-order valence-corrected chi connectivity index (χ2v) is 6.76. The zero-order valence-corrected chi connectivity index (χ0v) is 14.3. The van der Waals surface area contributed by atoms with Crippen molar-refractivity contribution in [1.29, 1.82) is 0 Å². The number of aliphatic hydroxyl groups is 1. The number of nitrogens with one attached hydrogen (secondary N) is 2. The Morgan fingerprint density at radius 1 is 1.20 bits per heavy atom. The van der Waals surface area contributed by atoms with Crippen molar-refractivity contribution in [3.8, 4) is 11.5 Å². The fraction of sp³-hybridized carbons (Fsp3) is 0.474. The van der Waals surface area contributed by atoms with Crippen LogP contribution in [0.4, 0.5) is 10.5 Å². The number of carbonyl (C=O) groups excluding carboxylic acids is 1. The third-order valence-electron chi connectivity index (χ3n) is 5.00. The van der Waals surface area contributed by atoms with Gasteiger partial charge in [-0.1, -0.05) is 19.3 Å². The molecule has 6 nitrogen and oxygen atoms in total. The molecule has 1 heterocycles. The molecule has 1 aromatic heterocycles. The zero-order chi connectivity index (χ0) is 17.5. The molecule has 3 rings (SSSR count). The molecule has 0 unspecified atom stereocenters. The van der Waals surface area contributed by atoms with Crippen LogP contribution in [0.5, 0.6) is 0 Å². The molecule has 2 amide bonds. The lowest BCUT2D eigenvalue weighted by Gasteiger charge is -2.37. The number of rotatable bonds is 6. The van der Waals surface area contributed by atoms with Crippen LogP contribution in [0.3, 0.4) is 0 Å². The number of hydrogen-bond donors (Lipinski definition) is 3. The Morgan fingerprint density at radius 3 is 2.60 bits per heavy atom. The highest BCUT2D eigenvalue weighted by Gasteiger charge is 2.31. The van der Waals surface area contributed by atoms with E-state index >= 15 is 0 Å². The Labute approximate surface area is 147 Å². The molecule has 1 fully saturated rings. The lowest BCUT2D eigenvalue weighted by atomic mass is 9.72. The molecule has 1 aliphatic carbocycles. The summed E-state index contributed by atoms with van der Waals surface area (Å²) in [5.74, 6) is 0.555. The maximum atomic E-state index is 12.2. The van der Waals surface area contributed by atoms with Crippen molar-refractivity contribution in [1.82, 2.24) is 10.3 Å². The molecule has 0 saturated heterocycles. The summed E-state index contributed by atoms with van der Waals surface area (Å²) in [6.45, 7) is 0.777. The van der Waals surface area contributed by atoms with Crippen LogP contribution < -0.4 is 10.6 Å². The number of benzene rings is 1. The summed E-state index contributed by atoms with van der Waals surface area (Å²) >= 11 is 0. The number of nitrogens with zero attached hydrogens (tertiary/aromatic N) is 1. The van der Waals surface area contributed by atoms with E-state index in [9.17, 15) is 9.90 Å². The monoisotopic (exact) mass is 343 g/mol. The summed E-state index contributed by atoms with van der Waals surface area (Å²) in [6, 6.07) is 7.14. The van der Waals surface area contributed by atoms with E-state index in [2.05, 4.69) is 15.6 Å². The number of aliphatic hydroxyl groups excluding tert-OH is 1. The van der Waals surface area contributed by atoms with Crippen LogP contribution in [0.25, 0.3) is 11.5 Å². The Hall–Kier alpha value is -2.34. The van der Waals surface area contributed by atoms with E-state index in [1.165, 1.54) is 25.5 Å². The number of carbonyl (C=O) groups is 1. The highest BCUT2D eigenvalue weighted by molar-refractivity contribution is 5.89. The summed E-state index contributed by atoms with van der Waals surface area (Å²) in [7, 11) is 0. The van der Waals surface area contributed by atoms with Gasteiger partial charge in [-0.15, -0.1) is 0 Å². The van der Waals surface area contributed by atoms with E-state index in [0.717, 1.165) is 24.8 Å². The van der Waals surface area contributed by atoms with Crippen molar-refractivity contribution < 1.29 is 14.3 Å². The minimum atomic E-state index is -0.216. The Bertz CT molecular complexity index is 656. The normalized spacial score (nSPS) is 16.4. The maximum Gasteiger partial charge on any atom is 0.319 e. The van der Waals surface area contributed by atoms with Gasteiger partial charge in [0.1, 0.15) is 6.26 Å². The van der Waals surface area contributed by atoms with Gasteiger partial charge in [0.05, 0.1) is 6.20 Å². The van der Waals surface area contributed by atoms with E-state index < -0.39 is 0 Å². The Morgan fingerprint density at radius 2 is 1.96 bits per heavy atom. The Kier molecular flexibility index (Phi) is 5.71. The molecular formula is C19H25N3O3. The highest BCUT2D eigenvalue weighted by atomic mass is 16.3. The largest absolute Gasteiger partial charge is 0.445 e. The molecule has 3 N–H and O–H groups in total. The summed E-state index contributed by atoms with van der Waals surface area (Å²) in [6.07, 6.45) is 9.60. The second-order valence-electron chi connectivity index (χ2n) is 6.76. The molecule has 1 aromatic carbocycles. The number of oxazole rings is 1. The number of hydrogen-bond acceptors (Lipinski definition) is 4. The van der Waals surface area contributed by atoms with Crippen LogP contribution in [-0.4, -0.2) is 29.3 Å². The first-order valence-corrected chi connectivity index (χ1v) is 8.86. The van der Waals surface area contributed by atoms with E-state index in [-0.39, 0.29) is 18.1 Å². The van der Waals surface area contributed by atoms with Crippen molar-refractivity contribution in [3.63, 3.8) is 0 Å². The lowest BCUT2D eigenvalue weighted by Crippen LogP contribution is -2.41. The predicted octanol–water partition coefficient (Wildman–Crippen LogP) is 3.80. The van der Waals surface area contributed by atoms with Crippen molar-refractivity contribution in [2.75, 3.05) is 18.5 Å². The average Bonchev–Trinajstić information content (AvgIpc) is 3.17. The second kappa shape index (κ2) is 8.16. The molecule has 0 atom stereocenters. The van der Waals surface area contributed by atoms with Crippen molar-refractivity contribution in [2.45, 2.75) is 38.5 Å². The zero-order valence-electron chi connectivity index (χ0n) is 14.3. The van der Waals surface area contributed by atoms with Gasteiger partial charge < -0.3 is 20.2 Å². The molecule has 1 aliphatic rings. The molecular weight excluding hydrogens is 318 g/mol. The smallest absolute Gasteiger partial charge is 0.319 e. The standard InChI is InChI=1S/C19H25N3O3/c23-12-10-19(8-2-1-3-9-19)14-21-18(24)22-16-6-4-15(5-7-16)17-20-11-13-25-17/h4-7,11,13,23H,1-3,8-10,12,14H2,(H2,21,22,24). The van der Waals surface area contributed by atoms with E-state index in [1.54, 1.807) is 6.20 Å². The number of amides is 2. The summed E-state index contributed by atoms with van der Waals surface area (Å²) in [5.41, 5.74) is 1.62. The molecule has 134 valence electrons. The molecule has 25 heavy (non-hydrogen) atoms. The minimum absolute atomic E-state index is 0.0408. The highest BCUT2D eigenvalue weighted by Crippen LogP contribution is 2.38. The lowest BCUT2D eigenvalue weighted by molar-refractivity contribution is 0.128. The number of aromatic nitrogens is 1. The molecule has 1 saturated carbocycles. The Balaban J connectivity index is 1.53. The van der Waals surface area contributed by atoms with Gasteiger partial charge in [0.25, 0.3) is 0 Å². The number of anilines is 1. The van der Waals surface area contributed by atoms with Gasteiger partial charge in [0.15, 0.2) is 0 Å². The van der Waals surface area contributed by atoms with Crippen LogP contribution in [0.15, 0.2) is 41.1 Å². The molecule has 0 bridgehead atoms. The van der Waals surface area contributed by atoms with Crippen LogP contribution in [0, 0.1) is 5.41 Å². The third kappa shape index (κ3) is 4.60. The molecule has 0 radical (unpaired) electrons. The molecule has 2 aromatic rings. The van der Waals surface area contributed by atoms with Gasteiger partial charge in [0, 0.05) is 24.4 Å². The minimum Gasteiger partial charge on any atom is -0.445 e. The topological polar surface area (TPSA) is 87.4 Å². The van der Waals surface area contributed by atoms with E-state index in [0.29, 0.717) is 18.1 Å². The van der Waals surface area contributed by atoms with Gasteiger partial charge in [-0.3, -0.25) is 0 Å². The quantitative estimate of drug-likeness (QED) is 0.744. The number of urea groups is 1. The molecule has 6 heteroatoms. The van der Waals surface area contributed by atoms with E-state index in [4.69, 9.17) is 4.42 Å². The van der Waals surface area contributed by atoms with Crippen molar-refractivity contribution >= 4 is 11.7 Å². The summed E-state index contributed by atoms with van der Waals surface area (Å²) < 4.78 is 5.25. The van der Waals surface area contributed by atoms with Gasteiger partial charge in [-0.05, 0) is 48.9 Å². The van der Waals surface area contributed by atoms with Gasteiger partial charge >= 0.3 is 6.03 Å². The fourth-order valence-electron chi connectivity index (χ4n) is 3.56. The van der Waals surface area contributed by atoms with E-state index in [1.807, 2.05) is 24.3 Å². The summed E-state index contributed by atoms with van der Waals surface area (Å²) in [4.78, 5) is 16.3. The van der Waals surface area contributed by atoms with Crippen LogP contribution in [0.1, 0.15) is 38.5 Å². The summed E-state index contributed by atoms with van der Waals surface area (Å²) in [5, 5.41) is 15.2. The average molecular weight is 343 g/mol. The molecule has 0 aliphatic heterocycles. The van der Waals surface area contributed by atoms with Crippen LogP contribution in [-0.2, 0) is 0 Å². The first kappa shape index (κ1) is 17.5. The van der Waals surface area contributed by atoms with Crippen molar-refractivity contribution in [3.05, 3.63) is 36.7 Å². The first-order chi connectivity index (χ1) is 12.2. The van der Waals surface area contributed by atoms with Crippen LogP contribution in [0.2, 0.25) is 0 Å². The van der Waals surface area contributed by atoms with Gasteiger partial charge in [-0.2, -0.15) is 0 Å². The maximum absolute atomic E-state index is 12.2. The van der Waals surface area contributed by atoms with Crippen LogP contribution >= 0.6 is 0 Å².